The Morgan fingerprint density at radius 2 is 1.42 bits per heavy atom. The van der Waals surface area contributed by atoms with Gasteiger partial charge in [-0.25, -0.2) is 10.4 Å². The Kier molecular flexibility index (Phi) is 7.03. The predicted molar refractivity (Wildman–Crippen MR) is 117 cm³/mol. The number of ether oxygens (including phenoxy) is 2. The molecule has 0 fully saturated rings. The lowest BCUT2D eigenvalue weighted by molar-refractivity contribution is -0.384. The molecule has 0 bridgehead atoms. The molecule has 158 valence electrons. The van der Waals surface area contributed by atoms with Crippen molar-refractivity contribution in [2.24, 2.45) is 10.2 Å². The minimum atomic E-state index is -0.602. The minimum Gasteiger partial charge on any atom is -0.497 e. The van der Waals surface area contributed by atoms with Crippen molar-refractivity contribution >= 4 is 29.9 Å². The van der Waals surface area contributed by atoms with Gasteiger partial charge in [-0.05, 0) is 59.7 Å². The summed E-state index contributed by atoms with van der Waals surface area (Å²) in [4.78, 5) is 18.6. The molecular formula is C20H19N7O4. The van der Waals surface area contributed by atoms with Crippen molar-refractivity contribution in [2.75, 3.05) is 25.1 Å². The van der Waals surface area contributed by atoms with Crippen LogP contribution in [0.1, 0.15) is 11.1 Å². The van der Waals surface area contributed by atoms with Gasteiger partial charge in [0, 0.05) is 0 Å². The number of nitrogens with one attached hydrogen (secondary N) is 2. The summed E-state index contributed by atoms with van der Waals surface area (Å²) in [6.07, 6.45) is 4.13. The molecule has 31 heavy (non-hydrogen) atoms. The predicted octanol–water partition coefficient (Wildman–Crippen LogP) is 3.29. The van der Waals surface area contributed by atoms with Crippen LogP contribution < -0.4 is 20.3 Å². The fourth-order valence-corrected chi connectivity index (χ4v) is 2.36. The number of rotatable bonds is 9. The number of hydrazone groups is 2. The molecule has 0 aliphatic rings. The minimum absolute atomic E-state index is 0.0671. The highest BCUT2D eigenvalue weighted by Crippen LogP contribution is 2.22. The van der Waals surface area contributed by atoms with Crippen LogP contribution in [-0.4, -0.2) is 41.5 Å². The molecule has 0 saturated carbocycles. The molecule has 0 radical (unpaired) electrons. The summed E-state index contributed by atoms with van der Waals surface area (Å²) in [5.74, 6) is 1.43. The molecule has 0 spiro atoms. The topological polar surface area (TPSA) is 136 Å². The molecule has 3 aromatic rings. The Bertz CT molecular complexity index is 1080. The largest absolute Gasteiger partial charge is 0.497 e. The molecule has 0 aliphatic carbocycles. The Morgan fingerprint density at radius 1 is 0.903 bits per heavy atom. The zero-order chi connectivity index (χ0) is 22.1. The quantitative estimate of drug-likeness (QED) is 0.305. The molecule has 2 N–H and O–H groups in total. The molecule has 1 aromatic heterocycles. The van der Waals surface area contributed by atoms with Crippen molar-refractivity contribution in [1.82, 2.24) is 9.97 Å². The Morgan fingerprint density at radius 3 is 1.90 bits per heavy atom. The molecule has 1 heterocycles. The van der Waals surface area contributed by atoms with Crippen molar-refractivity contribution in [3.8, 4) is 11.5 Å². The molecular weight excluding hydrogens is 402 g/mol. The second-order valence-electron chi connectivity index (χ2n) is 5.97. The van der Waals surface area contributed by atoms with Crippen LogP contribution in [0.25, 0.3) is 0 Å². The van der Waals surface area contributed by atoms with Gasteiger partial charge in [-0.15, -0.1) is 0 Å². The first-order chi connectivity index (χ1) is 15.1. The first-order valence-electron chi connectivity index (χ1n) is 8.96. The van der Waals surface area contributed by atoms with E-state index in [1.807, 2.05) is 12.1 Å². The summed E-state index contributed by atoms with van der Waals surface area (Å²) < 4.78 is 10.2. The Hall–Kier alpha value is -4.54. The molecule has 3 rings (SSSR count). The summed E-state index contributed by atoms with van der Waals surface area (Å²) in [6.45, 7) is 0. The van der Waals surface area contributed by atoms with Crippen molar-refractivity contribution in [1.29, 1.82) is 0 Å². The Balaban J connectivity index is 1.69. The van der Waals surface area contributed by atoms with E-state index in [4.69, 9.17) is 9.47 Å². The number of anilines is 2. The third-order valence-corrected chi connectivity index (χ3v) is 3.96. The number of nitrogens with zero attached hydrogens (tertiary/aromatic N) is 5. The average Bonchev–Trinajstić information content (AvgIpc) is 2.80. The van der Waals surface area contributed by atoms with Crippen molar-refractivity contribution in [2.45, 2.75) is 0 Å². The van der Waals surface area contributed by atoms with E-state index in [0.717, 1.165) is 23.1 Å². The van der Waals surface area contributed by atoms with Crippen LogP contribution >= 0.6 is 0 Å². The van der Waals surface area contributed by atoms with Gasteiger partial charge in [0.05, 0.1) is 31.6 Å². The van der Waals surface area contributed by atoms with Gasteiger partial charge in [-0.1, -0.05) is 0 Å². The summed E-state index contributed by atoms with van der Waals surface area (Å²) in [7, 11) is 3.16. The smallest absolute Gasteiger partial charge is 0.331 e. The monoisotopic (exact) mass is 421 g/mol. The van der Waals surface area contributed by atoms with Gasteiger partial charge in [0.2, 0.25) is 11.8 Å². The molecule has 0 amide bonds. The third kappa shape index (κ3) is 5.97. The maximum Gasteiger partial charge on any atom is 0.331 e. The van der Waals surface area contributed by atoms with Gasteiger partial charge in [0.1, 0.15) is 17.7 Å². The maximum absolute atomic E-state index is 11.2. The standard InChI is InChI=1S/C20H19N7O4/c1-30-16-7-3-14(4-8-16)11-22-25-19-18(27(28)29)13-21-20(24-19)26-23-12-15-5-9-17(31-2)10-6-15/h3-13H,1-2H3,(H2,21,24,25,26)/b22-11?,23-12+. The lowest BCUT2D eigenvalue weighted by atomic mass is 10.2. The highest BCUT2D eigenvalue weighted by molar-refractivity contribution is 5.81. The van der Waals surface area contributed by atoms with Crippen molar-refractivity contribution in [3.05, 3.63) is 76.0 Å². The van der Waals surface area contributed by atoms with Crippen molar-refractivity contribution < 1.29 is 14.4 Å². The number of hydrogen-bond donors (Lipinski definition) is 2. The van der Waals surface area contributed by atoms with E-state index in [1.165, 1.54) is 6.21 Å². The summed E-state index contributed by atoms with van der Waals surface area (Å²) >= 11 is 0. The van der Waals surface area contributed by atoms with Crippen LogP contribution in [0.15, 0.2) is 64.9 Å². The van der Waals surface area contributed by atoms with E-state index in [0.29, 0.717) is 5.75 Å². The highest BCUT2D eigenvalue weighted by Gasteiger charge is 2.16. The maximum atomic E-state index is 11.2. The van der Waals surface area contributed by atoms with Gasteiger partial charge in [0.25, 0.3) is 0 Å². The normalized spacial score (nSPS) is 10.9. The van der Waals surface area contributed by atoms with E-state index >= 15 is 0 Å². The Labute approximate surface area is 177 Å². The zero-order valence-corrected chi connectivity index (χ0v) is 16.7. The average molecular weight is 421 g/mol. The van der Waals surface area contributed by atoms with E-state index < -0.39 is 4.92 Å². The fourth-order valence-electron chi connectivity index (χ4n) is 2.36. The van der Waals surface area contributed by atoms with Crippen LogP contribution in [0.5, 0.6) is 11.5 Å². The van der Waals surface area contributed by atoms with Crippen LogP contribution in [-0.2, 0) is 0 Å². The first kappa shape index (κ1) is 21.2. The highest BCUT2D eigenvalue weighted by atomic mass is 16.6. The molecule has 2 aromatic carbocycles. The number of benzene rings is 2. The zero-order valence-electron chi connectivity index (χ0n) is 16.7. The summed E-state index contributed by atoms with van der Waals surface area (Å²) in [6, 6.07) is 14.4. The summed E-state index contributed by atoms with van der Waals surface area (Å²) in [5.41, 5.74) is 6.47. The number of hydrogen-bond acceptors (Lipinski definition) is 10. The van der Waals surface area contributed by atoms with Crippen LogP contribution in [0.2, 0.25) is 0 Å². The van der Waals surface area contributed by atoms with E-state index in [2.05, 4.69) is 31.0 Å². The molecule has 0 atom stereocenters. The molecule has 11 heteroatoms. The van der Waals surface area contributed by atoms with Crippen LogP contribution in [0.3, 0.4) is 0 Å². The molecule has 0 unspecified atom stereocenters. The second kappa shape index (κ2) is 10.3. The van der Waals surface area contributed by atoms with E-state index in [1.54, 1.807) is 56.8 Å². The van der Waals surface area contributed by atoms with E-state index in [-0.39, 0.29) is 17.5 Å². The number of methoxy groups -OCH3 is 2. The van der Waals surface area contributed by atoms with Crippen LogP contribution in [0, 0.1) is 10.1 Å². The summed E-state index contributed by atoms with van der Waals surface area (Å²) in [5, 5.41) is 19.3. The van der Waals surface area contributed by atoms with Gasteiger partial charge in [-0.2, -0.15) is 15.2 Å². The van der Waals surface area contributed by atoms with Crippen LogP contribution in [0.4, 0.5) is 17.5 Å². The van der Waals surface area contributed by atoms with Gasteiger partial charge in [-0.3, -0.25) is 15.5 Å². The third-order valence-electron chi connectivity index (χ3n) is 3.96. The van der Waals surface area contributed by atoms with Gasteiger partial charge < -0.3 is 9.47 Å². The molecule has 0 aliphatic heterocycles. The van der Waals surface area contributed by atoms with E-state index in [9.17, 15) is 10.1 Å². The second-order valence-corrected chi connectivity index (χ2v) is 5.97. The van der Waals surface area contributed by atoms with Crippen molar-refractivity contribution in [3.63, 3.8) is 0 Å². The SMILES string of the molecule is COc1ccc(C=NNc2nc(N/N=C/c3ccc(OC)cc3)ncc2[N+](=O)[O-])cc1. The van der Waals surface area contributed by atoms with Gasteiger partial charge in [0.15, 0.2) is 0 Å². The lowest BCUT2D eigenvalue weighted by Crippen LogP contribution is -2.04. The van der Waals surface area contributed by atoms with Gasteiger partial charge >= 0.3 is 5.69 Å². The number of nitro groups is 1. The number of aromatic nitrogens is 2. The first-order valence-corrected chi connectivity index (χ1v) is 8.96. The fraction of sp³-hybridized carbons (Fsp3) is 0.100. The molecule has 11 nitrogen and oxygen atoms in total. The molecule has 0 saturated heterocycles. The lowest BCUT2D eigenvalue weighted by Gasteiger charge is -2.04.